The predicted molar refractivity (Wildman–Crippen MR) is 70.4 cm³/mol. The molecule has 18 heavy (non-hydrogen) atoms. The zero-order chi connectivity index (χ0) is 12.8. The van der Waals surface area contributed by atoms with Gasteiger partial charge in [-0.05, 0) is 42.3 Å². The van der Waals surface area contributed by atoms with E-state index in [2.05, 4.69) is 10.5 Å². The number of hydrogen-bond donors (Lipinski definition) is 1. The van der Waals surface area contributed by atoms with Crippen LogP contribution in [0.25, 0.3) is 0 Å². The molecule has 0 aliphatic heterocycles. The molecule has 0 radical (unpaired) electrons. The van der Waals surface area contributed by atoms with Gasteiger partial charge in [0.15, 0.2) is 0 Å². The summed E-state index contributed by atoms with van der Waals surface area (Å²) in [6, 6.07) is 9.62. The van der Waals surface area contributed by atoms with Crippen molar-refractivity contribution in [3.05, 3.63) is 53.9 Å². The SMILES string of the molecule is COc1ccc(C)c(CONc2ccncc2)c1. The van der Waals surface area contributed by atoms with E-state index in [4.69, 9.17) is 9.57 Å². The van der Waals surface area contributed by atoms with Crippen molar-refractivity contribution >= 4 is 5.69 Å². The molecule has 0 saturated heterocycles. The van der Waals surface area contributed by atoms with Crippen LogP contribution in [0, 0.1) is 6.92 Å². The van der Waals surface area contributed by atoms with Gasteiger partial charge in [0.05, 0.1) is 12.8 Å². The lowest BCUT2D eigenvalue weighted by atomic mass is 10.1. The average Bonchev–Trinajstić information content (AvgIpc) is 2.42. The molecule has 4 heteroatoms. The van der Waals surface area contributed by atoms with Gasteiger partial charge in [-0.1, -0.05) is 6.07 Å². The fraction of sp³-hybridized carbons (Fsp3) is 0.214. The smallest absolute Gasteiger partial charge is 0.119 e. The number of nitrogens with one attached hydrogen (secondary N) is 1. The Morgan fingerprint density at radius 3 is 2.67 bits per heavy atom. The molecule has 1 N–H and O–H groups in total. The number of methoxy groups -OCH3 is 1. The molecule has 2 aromatic rings. The molecule has 2 rings (SSSR count). The van der Waals surface area contributed by atoms with Crippen LogP contribution in [0.4, 0.5) is 5.69 Å². The first-order valence-corrected chi connectivity index (χ1v) is 5.71. The third-order valence-electron chi connectivity index (χ3n) is 2.65. The topological polar surface area (TPSA) is 43.4 Å². The second-order valence-electron chi connectivity index (χ2n) is 3.92. The molecule has 1 aromatic carbocycles. The van der Waals surface area contributed by atoms with Gasteiger partial charge in [0.2, 0.25) is 0 Å². The number of ether oxygens (including phenoxy) is 1. The molecule has 0 bridgehead atoms. The van der Waals surface area contributed by atoms with Crippen LogP contribution in [-0.4, -0.2) is 12.1 Å². The van der Waals surface area contributed by atoms with Crippen LogP contribution < -0.4 is 10.2 Å². The Kier molecular flexibility index (Phi) is 4.15. The van der Waals surface area contributed by atoms with Crippen molar-refractivity contribution in [2.75, 3.05) is 12.6 Å². The van der Waals surface area contributed by atoms with Crippen LogP contribution in [-0.2, 0) is 11.4 Å². The summed E-state index contributed by atoms with van der Waals surface area (Å²) in [5.74, 6) is 0.836. The molecule has 0 atom stereocenters. The first-order valence-electron chi connectivity index (χ1n) is 5.71. The number of nitrogens with zero attached hydrogens (tertiary/aromatic N) is 1. The first-order chi connectivity index (χ1) is 8.79. The number of anilines is 1. The summed E-state index contributed by atoms with van der Waals surface area (Å²) in [4.78, 5) is 9.39. The van der Waals surface area contributed by atoms with E-state index in [-0.39, 0.29) is 0 Å². The predicted octanol–water partition coefficient (Wildman–Crippen LogP) is 2.94. The van der Waals surface area contributed by atoms with Gasteiger partial charge in [0, 0.05) is 12.4 Å². The number of hydrogen-bond acceptors (Lipinski definition) is 4. The summed E-state index contributed by atoms with van der Waals surface area (Å²) in [6.07, 6.45) is 3.42. The number of benzene rings is 1. The van der Waals surface area contributed by atoms with E-state index < -0.39 is 0 Å². The maximum atomic E-state index is 5.45. The molecule has 0 aliphatic carbocycles. The van der Waals surface area contributed by atoms with Crippen molar-refractivity contribution in [3.63, 3.8) is 0 Å². The van der Waals surface area contributed by atoms with Gasteiger partial charge < -0.3 is 4.74 Å². The number of rotatable bonds is 5. The van der Waals surface area contributed by atoms with Crippen molar-refractivity contribution in [2.24, 2.45) is 0 Å². The molecule has 0 spiro atoms. The molecular weight excluding hydrogens is 228 g/mol. The Labute approximate surface area is 107 Å². The van der Waals surface area contributed by atoms with Crippen molar-refractivity contribution in [1.29, 1.82) is 0 Å². The molecule has 94 valence electrons. The van der Waals surface area contributed by atoms with Crippen molar-refractivity contribution in [1.82, 2.24) is 4.98 Å². The lowest BCUT2D eigenvalue weighted by Gasteiger charge is -2.10. The summed E-state index contributed by atoms with van der Waals surface area (Å²) >= 11 is 0. The molecule has 0 amide bonds. The number of aromatic nitrogens is 1. The van der Waals surface area contributed by atoms with E-state index >= 15 is 0 Å². The van der Waals surface area contributed by atoms with Gasteiger partial charge in [-0.3, -0.25) is 15.3 Å². The zero-order valence-corrected chi connectivity index (χ0v) is 10.5. The summed E-state index contributed by atoms with van der Waals surface area (Å²) < 4.78 is 5.19. The molecule has 1 aromatic heterocycles. The van der Waals surface area contributed by atoms with Crippen LogP contribution >= 0.6 is 0 Å². The summed E-state index contributed by atoms with van der Waals surface area (Å²) in [5.41, 5.74) is 6.02. The van der Waals surface area contributed by atoms with Gasteiger partial charge in [0.1, 0.15) is 12.4 Å². The van der Waals surface area contributed by atoms with E-state index in [1.165, 1.54) is 5.56 Å². The van der Waals surface area contributed by atoms with Crippen molar-refractivity contribution in [3.8, 4) is 5.75 Å². The third kappa shape index (κ3) is 3.21. The second kappa shape index (κ2) is 6.02. The van der Waals surface area contributed by atoms with Crippen LogP contribution in [0.1, 0.15) is 11.1 Å². The highest BCUT2D eigenvalue weighted by molar-refractivity contribution is 5.38. The Hall–Kier alpha value is -2.07. The van der Waals surface area contributed by atoms with Crippen LogP contribution in [0.15, 0.2) is 42.7 Å². The van der Waals surface area contributed by atoms with E-state index in [0.29, 0.717) is 6.61 Å². The second-order valence-corrected chi connectivity index (χ2v) is 3.92. The van der Waals surface area contributed by atoms with E-state index in [9.17, 15) is 0 Å². The molecule has 0 fully saturated rings. The lowest BCUT2D eigenvalue weighted by molar-refractivity contribution is 0.179. The highest BCUT2D eigenvalue weighted by atomic mass is 16.6. The van der Waals surface area contributed by atoms with Gasteiger partial charge in [-0.15, -0.1) is 0 Å². The van der Waals surface area contributed by atoms with Gasteiger partial charge in [0.25, 0.3) is 0 Å². The van der Waals surface area contributed by atoms with Gasteiger partial charge in [-0.2, -0.15) is 0 Å². The normalized spacial score (nSPS) is 10.1. The monoisotopic (exact) mass is 244 g/mol. The van der Waals surface area contributed by atoms with E-state index in [1.807, 2.05) is 37.3 Å². The fourth-order valence-electron chi connectivity index (χ4n) is 1.55. The van der Waals surface area contributed by atoms with Crippen LogP contribution in [0.5, 0.6) is 5.75 Å². The minimum atomic E-state index is 0.478. The standard InChI is InChI=1S/C14H16N2O2/c1-11-3-4-14(17-2)9-12(11)10-18-16-13-5-7-15-8-6-13/h3-9H,10H2,1-2H3,(H,15,16). The van der Waals surface area contributed by atoms with Crippen LogP contribution in [0.2, 0.25) is 0 Å². The summed E-state index contributed by atoms with van der Waals surface area (Å²) in [7, 11) is 1.66. The van der Waals surface area contributed by atoms with E-state index in [0.717, 1.165) is 17.0 Å². The molecule has 0 unspecified atom stereocenters. The minimum Gasteiger partial charge on any atom is -0.497 e. The lowest BCUT2D eigenvalue weighted by Crippen LogP contribution is -2.03. The Morgan fingerprint density at radius 2 is 1.94 bits per heavy atom. The third-order valence-corrected chi connectivity index (χ3v) is 2.65. The van der Waals surface area contributed by atoms with Crippen molar-refractivity contribution in [2.45, 2.75) is 13.5 Å². The summed E-state index contributed by atoms with van der Waals surface area (Å²) in [5, 5.41) is 0. The largest absolute Gasteiger partial charge is 0.497 e. The molecular formula is C14H16N2O2. The molecule has 0 saturated carbocycles. The maximum absolute atomic E-state index is 5.45. The highest BCUT2D eigenvalue weighted by Gasteiger charge is 2.01. The molecule has 0 aliphatic rings. The minimum absolute atomic E-state index is 0.478. The quantitative estimate of drug-likeness (QED) is 0.821. The first kappa shape index (κ1) is 12.4. The Balaban J connectivity index is 1.94. The summed E-state index contributed by atoms with van der Waals surface area (Å²) in [6.45, 7) is 2.52. The van der Waals surface area contributed by atoms with Crippen molar-refractivity contribution < 1.29 is 9.57 Å². The van der Waals surface area contributed by atoms with Gasteiger partial charge >= 0.3 is 0 Å². The number of pyridine rings is 1. The van der Waals surface area contributed by atoms with Gasteiger partial charge in [-0.25, -0.2) is 0 Å². The Morgan fingerprint density at radius 1 is 1.17 bits per heavy atom. The maximum Gasteiger partial charge on any atom is 0.119 e. The molecule has 1 heterocycles. The fourth-order valence-corrected chi connectivity index (χ4v) is 1.55. The number of aryl methyl sites for hydroxylation is 1. The average molecular weight is 244 g/mol. The van der Waals surface area contributed by atoms with Crippen LogP contribution in [0.3, 0.4) is 0 Å². The Bertz CT molecular complexity index is 500. The molecule has 4 nitrogen and oxygen atoms in total. The zero-order valence-electron chi connectivity index (χ0n) is 10.5. The highest BCUT2D eigenvalue weighted by Crippen LogP contribution is 2.18. The van der Waals surface area contributed by atoms with E-state index in [1.54, 1.807) is 19.5 Å².